The number of nitrogens with zero attached hydrogens (tertiary/aromatic N) is 1. The lowest BCUT2D eigenvalue weighted by Gasteiger charge is -2.24. The molecule has 0 aliphatic heterocycles. The molecule has 0 atom stereocenters. The Labute approximate surface area is 134 Å². The molecule has 114 valence electrons. The van der Waals surface area contributed by atoms with Crippen LogP contribution in [0.5, 0.6) is 0 Å². The molecule has 0 radical (unpaired) electrons. The molecule has 19 heavy (non-hydrogen) atoms. The van der Waals surface area contributed by atoms with Crippen LogP contribution in [0.1, 0.15) is 40.5 Å². The van der Waals surface area contributed by atoms with Gasteiger partial charge >= 0.3 is 0 Å². The van der Waals surface area contributed by atoms with E-state index in [1.165, 1.54) is 0 Å². The second kappa shape index (κ2) is 11.3. The van der Waals surface area contributed by atoms with E-state index in [0.717, 1.165) is 25.3 Å². The Kier molecular flexibility index (Phi) is 12.4. The summed E-state index contributed by atoms with van der Waals surface area (Å²) >= 11 is 0. The van der Waals surface area contributed by atoms with Crippen molar-refractivity contribution in [3.05, 3.63) is 0 Å². The standard InChI is InChI=1S/C13H28N4O.HI/c1-6-8-9-16-12(14-5)17-10-13(3,4)11(18)15-7-2;/h6-10H2,1-5H3,(H,15,18)(H2,14,16,17);1H. The van der Waals surface area contributed by atoms with Gasteiger partial charge in [0.05, 0.1) is 5.41 Å². The first-order chi connectivity index (χ1) is 8.47. The number of unbranched alkanes of at least 4 members (excludes halogenated alkanes) is 1. The number of hydrogen-bond donors (Lipinski definition) is 3. The highest BCUT2D eigenvalue weighted by Gasteiger charge is 2.27. The van der Waals surface area contributed by atoms with Crippen LogP contribution in [0, 0.1) is 5.41 Å². The normalized spacial score (nSPS) is 11.5. The lowest BCUT2D eigenvalue weighted by Crippen LogP contribution is -2.48. The Morgan fingerprint density at radius 2 is 1.79 bits per heavy atom. The Bertz CT molecular complexity index is 280. The van der Waals surface area contributed by atoms with Crippen LogP contribution in [0.25, 0.3) is 0 Å². The average molecular weight is 384 g/mol. The number of amides is 1. The van der Waals surface area contributed by atoms with Crippen molar-refractivity contribution in [1.82, 2.24) is 16.0 Å². The van der Waals surface area contributed by atoms with Gasteiger partial charge in [-0.05, 0) is 27.2 Å². The summed E-state index contributed by atoms with van der Waals surface area (Å²) in [6.45, 7) is 10.0. The van der Waals surface area contributed by atoms with E-state index in [1.807, 2.05) is 20.8 Å². The van der Waals surface area contributed by atoms with E-state index in [0.29, 0.717) is 13.1 Å². The molecule has 5 nitrogen and oxygen atoms in total. The molecule has 0 saturated heterocycles. The molecule has 0 bridgehead atoms. The Balaban J connectivity index is 0. The molecule has 0 saturated carbocycles. The molecular weight excluding hydrogens is 355 g/mol. The van der Waals surface area contributed by atoms with Gasteiger partial charge < -0.3 is 16.0 Å². The van der Waals surface area contributed by atoms with Gasteiger partial charge in [-0.25, -0.2) is 0 Å². The van der Waals surface area contributed by atoms with Crippen LogP contribution in [0.15, 0.2) is 4.99 Å². The van der Waals surface area contributed by atoms with E-state index in [1.54, 1.807) is 7.05 Å². The Morgan fingerprint density at radius 1 is 1.16 bits per heavy atom. The van der Waals surface area contributed by atoms with Gasteiger partial charge in [0.1, 0.15) is 0 Å². The highest BCUT2D eigenvalue weighted by molar-refractivity contribution is 14.0. The molecule has 0 aliphatic carbocycles. The van der Waals surface area contributed by atoms with Gasteiger partial charge in [0.25, 0.3) is 0 Å². The summed E-state index contributed by atoms with van der Waals surface area (Å²) in [5.74, 6) is 0.808. The topological polar surface area (TPSA) is 65.5 Å². The maximum atomic E-state index is 11.8. The zero-order valence-electron chi connectivity index (χ0n) is 12.8. The van der Waals surface area contributed by atoms with Crippen molar-refractivity contribution in [1.29, 1.82) is 0 Å². The molecule has 0 aromatic rings. The summed E-state index contributed by atoms with van der Waals surface area (Å²) in [5.41, 5.74) is -0.446. The van der Waals surface area contributed by atoms with Crippen molar-refractivity contribution in [2.24, 2.45) is 10.4 Å². The van der Waals surface area contributed by atoms with Gasteiger partial charge in [0.2, 0.25) is 5.91 Å². The summed E-state index contributed by atoms with van der Waals surface area (Å²) in [6.07, 6.45) is 2.26. The highest BCUT2D eigenvalue weighted by atomic mass is 127. The van der Waals surface area contributed by atoms with Crippen LogP contribution < -0.4 is 16.0 Å². The first-order valence-electron chi connectivity index (χ1n) is 6.70. The number of rotatable bonds is 7. The maximum absolute atomic E-state index is 11.8. The summed E-state index contributed by atoms with van der Waals surface area (Å²) in [5, 5.41) is 9.25. The van der Waals surface area contributed by atoms with E-state index >= 15 is 0 Å². The number of aliphatic imine (C=N–C) groups is 1. The number of hydrogen-bond acceptors (Lipinski definition) is 2. The molecule has 6 heteroatoms. The number of guanidine groups is 1. The van der Waals surface area contributed by atoms with Gasteiger partial charge in [-0.1, -0.05) is 13.3 Å². The summed E-state index contributed by atoms with van der Waals surface area (Å²) in [4.78, 5) is 15.9. The monoisotopic (exact) mass is 384 g/mol. The minimum absolute atomic E-state index is 0. The van der Waals surface area contributed by atoms with Gasteiger partial charge in [-0.2, -0.15) is 0 Å². The molecular formula is C13H29IN4O. The SMILES string of the molecule is CCCCNC(=NC)NCC(C)(C)C(=O)NCC.I. The zero-order chi connectivity index (χ0) is 14.0. The van der Waals surface area contributed by atoms with E-state index in [4.69, 9.17) is 0 Å². The van der Waals surface area contributed by atoms with Gasteiger partial charge in [-0.15, -0.1) is 24.0 Å². The fraction of sp³-hybridized carbons (Fsp3) is 0.846. The molecule has 0 fully saturated rings. The quantitative estimate of drug-likeness (QED) is 0.271. The van der Waals surface area contributed by atoms with Crippen LogP contribution in [0.4, 0.5) is 0 Å². The van der Waals surface area contributed by atoms with Crippen molar-refractivity contribution in [2.75, 3.05) is 26.7 Å². The fourth-order valence-electron chi connectivity index (χ4n) is 1.39. The van der Waals surface area contributed by atoms with Gasteiger partial charge in [0.15, 0.2) is 5.96 Å². The summed E-state index contributed by atoms with van der Waals surface area (Å²) in [6, 6.07) is 0. The van der Waals surface area contributed by atoms with Crippen LogP contribution in [-0.2, 0) is 4.79 Å². The van der Waals surface area contributed by atoms with E-state index < -0.39 is 5.41 Å². The van der Waals surface area contributed by atoms with Gasteiger partial charge in [0, 0.05) is 26.7 Å². The molecule has 0 aliphatic rings. The predicted molar refractivity (Wildman–Crippen MR) is 92.2 cm³/mol. The molecule has 0 unspecified atom stereocenters. The predicted octanol–water partition coefficient (Wildman–Crippen LogP) is 1.73. The Hall–Kier alpha value is -0.530. The highest BCUT2D eigenvalue weighted by Crippen LogP contribution is 2.13. The van der Waals surface area contributed by atoms with Crippen molar-refractivity contribution >= 4 is 35.8 Å². The smallest absolute Gasteiger partial charge is 0.227 e. The van der Waals surface area contributed by atoms with Crippen LogP contribution in [-0.4, -0.2) is 38.5 Å². The number of carbonyl (C=O) groups excluding carboxylic acids is 1. The second-order valence-electron chi connectivity index (χ2n) is 4.95. The van der Waals surface area contributed by atoms with Gasteiger partial charge in [-0.3, -0.25) is 9.79 Å². The van der Waals surface area contributed by atoms with Crippen LogP contribution in [0.2, 0.25) is 0 Å². The van der Waals surface area contributed by atoms with E-state index in [2.05, 4.69) is 27.9 Å². The average Bonchev–Trinajstić information content (AvgIpc) is 2.34. The molecule has 3 N–H and O–H groups in total. The fourth-order valence-corrected chi connectivity index (χ4v) is 1.39. The van der Waals surface area contributed by atoms with Crippen molar-refractivity contribution < 1.29 is 4.79 Å². The lowest BCUT2D eigenvalue weighted by atomic mass is 9.92. The molecule has 0 heterocycles. The maximum Gasteiger partial charge on any atom is 0.227 e. The molecule has 0 spiro atoms. The van der Waals surface area contributed by atoms with E-state index in [-0.39, 0.29) is 29.9 Å². The molecule has 0 rings (SSSR count). The lowest BCUT2D eigenvalue weighted by molar-refractivity contribution is -0.128. The van der Waals surface area contributed by atoms with Crippen molar-refractivity contribution in [3.8, 4) is 0 Å². The number of nitrogens with one attached hydrogen (secondary N) is 3. The number of halogens is 1. The summed E-state index contributed by atoms with van der Waals surface area (Å²) < 4.78 is 0. The molecule has 0 aromatic heterocycles. The minimum Gasteiger partial charge on any atom is -0.356 e. The summed E-state index contributed by atoms with van der Waals surface area (Å²) in [7, 11) is 1.74. The third kappa shape index (κ3) is 9.07. The van der Waals surface area contributed by atoms with Crippen LogP contribution in [0.3, 0.4) is 0 Å². The Morgan fingerprint density at radius 3 is 2.26 bits per heavy atom. The van der Waals surface area contributed by atoms with Crippen molar-refractivity contribution in [2.45, 2.75) is 40.5 Å². The minimum atomic E-state index is -0.446. The first-order valence-corrected chi connectivity index (χ1v) is 6.70. The number of carbonyl (C=O) groups is 1. The second-order valence-corrected chi connectivity index (χ2v) is 4.95. The molecule has 1 amide bonds. The zero-order valence-corrected chi connectivity index (χ0v) is 15.1. The molecule has 0 aromatic carbocycles. The van der Waals surface area contributed by atoms with E-state index in [9.17, 15) is 4.79 Å². The third-order valence-corrected chi connectivity index (χ3v) is 2.70. The third-order valence-electron chi connectivity index (χ3n) is 2.70. The largest absolute Gasteiger partial charge is 0.356 e. The first kappa shape index (κ1) is 20.8. The van der Waals surface area contributed by atoms with Crippen LogP contribution >= 0.6 is 24.0 Å². The van der Waals surface area contributed by atoms with Crippen molar-refractivity contribution in [3.63, 3.8) is 0 Å².